The molecule has 2 heterocycles. The Morgan fingerprint density at radius 2 is 2.20 bits per heavy atom. The monoisotopic (exact) mass is 364 g/mol. The fourth-order valence-corrected chi connectivity index (χ4v) is 5.41. The summed E-state index contributed by atoms with van der Waals surface area (Å²) in [5.74, 6) is 0.471. The molecule has 1 saturated heterocycles. The number of hydrogen-bond donors (Lipinski definition) is 1. The molecule has 114 valence electrons. The third-order valence-electron chi connectivity index (χ3n) is 3.79. The Bertz CT molecular complexity index is 556. The first-order valence-electron chi connectivity index (χ1n) is 7.00. The van der Waals surface area contributed by atoms with E-state index < -0.39 is 10.0 Å². The first-order valence-corrected chi connectivity index (χ1v) is 9.24. The van der Waals surface area contributed by atoms with Crippen molar-refractivity contribution in [3.05, 3.63) is 16.5 Å². The minimum Gasteiger partial charge on any atom is -0.452 e. The summed E-state index contributed by atoms with van der Waals surface area (Å²) in [7, 11) is -3.53. The summed E-state index contributed by atoms with van der Waals surface area (Å²) in [6, 6.07) is 1.60. The molecule has 5 nitrogen and oxygen atoms in total. The molecule has 0 bridgehead atoms. The number of nitrogens with zero attached hydrogens (tertiary/aromatic N) is 1. The molecule has 7 heteroatoms. The van der Waals surface area contributed by atoms with Crippen molar-refractivity contribution in [2.45, 2.75) is 56.5 Å². The molecule has 1 aromatic rings. The zero-order valence-corrected chi connectivity index (χ0v) is 14.0. The summed E-state index contributed by atoms with van der Waals surface area (Å²) in [5, 5.41) is 0. The molecule has 1 unspecified atom stereocenters. The summed E-state index contributed by atoms with van der Waals surface area (Å²) in [6.45, 7) is 2.80. The van der Waals surface area contributed by atoms with Gasteiger partial charge in [0.15, 0.2) is 4.67 Å². The second-order valence-corrected chi connectivity index (χ2v) is 7.66. The van der Waals surface area contributed by atoms with Crippen LogP contribution in [0.25, 0.3) is 0 Å². The number of nitrogens with two attached hydrogens (primary N) is 1. The van der Waals surface area contributed by atoms with Gasteiger partial charge in [0.05, 0.1) is 6.54 Å². The van der Waals surface area contributed by atoms with Crippen LogP contribution < -0.4 is 5.73 Å². The number of hydrogen-bond acceptors (Lipinski definition) is 4. The molecule has 0 amide bonds. The third kappa shape index (κ3) is 3.10. The van der Waals surface area contributed by atoms with Crippen molar-refractivity contribution in [2.75, 3.05) is 6.54 Å². The average Bonchev–Trinajstić information content (AvgIpc) is 2.66. The molecule has 1 fully saturated rings. The molecule has 2 N–H and O–H groups in total. The molecular weight excluding hydrogens is 344 g/mol. The topological polar surface area (TPSA) is 76.5 Å². The van der Waals surface area contributed by atoms with Crippen molar-refractivity contribution in [3.8, 4) is 0 Å². The van der Waals surface area contributed by atoms with Gasteiger partial charge in [-0.15, -0.1) is 0 Å². The summed E-state index contributed by atoms with van der Waals surface area (Å²) >= 11 is 3.19. The van der Waals surface area contributed by atoms with Crippen LogP contribution in [0.1, 0.15) is 44.8 Å². The van der Waals surface area contributed by atoms with Gasteiger partial charge in [-0.05, 0) is 35.2 Å². The molecular formula is C13H21BrN2O3S. The molecule has 0 radical (unpaired) electrons. The fourth-order valence-electron chi connectivity index (χ4n) is 2.68. The SMILES string of the molecule is CCC1CCCCCN1S(=O)(=O)c1cc(CN)oc1Br. The van der Waals surface area contributed by atoms with Gasteiger partial charge in [-0.25, -0.2) is 8.42 Å². The van der Waals surface area contributed by atoms with Crippen molar-refractivity contribution < 1.29 is 12.8 Å². The van der Waals surface area contributed by atoms with E-state index in [9.17, 15) is 8.42 Å². The Kier molecular flexibility index (Phi) is 5.28. The van der Waals surface area contributed by atoms with Gasteiger partial charge in [0.2, 0.25) is 10.0 Å². The standard InChI is InChI=1S/C13H21BrN2O3S/c1-2-10-6-4-3-5-7-16(10)20(17,18)12-8-11(9-15)19-13(12)14/h8,10H,2-7,9,15H2,1H3. The Morgan fingerprint density at radius 3 is 2.80 bits per heavy atom. The van der Waals surface area contributed by atoms with Gasteiger partial charge in [0.25, 0.3) is 0 Å². The van der Waals surface area contributed by atoms with Crippen LogP contribution in [0.4, 0.5) is 0 Å². The molecule has 1 aliphatic rings. The third-order valence-corrected chi connectivity index (χ3v) is 6.60. The molecule has 0 aliphatic carbocycles. The lowest BCUT2D eigenvalue weighted by atomic mass is 10.1. The van der Waals surface area contributed by atoms with Gasteiger partial charge in [0.1, 0.15) is 10.7 Å². The van der Waals surface area contributed by atoms with Crippen LogP contribution in [0.3, 0.4) is 0 Å². The van der Waals surface area contributed by atoms with Crippen LogP contribution in [-0.4, -0.2) is 25.3 Å². The summed E-state index contributed by atoms with van der Waals surface area (Å²) in [6.07, 6.45) is 4.84. The van der Waals surface area contributed by atoms with Gasteiger partial charge in [-0.2, -0.15) is 4.31 Å². The maximum Gasteiger partial charge on any atom is 0.247 e. The van der Waals surface area contributed by atoms with Crippen LogP contribution in [0.15, 0.2) is 20.0 Å². The molecule has 1 aromatic heterocycles. The van der Waals surface area contributed by atoms with Crippen LogP contribution in [0.2, 0.25) is 0 Å². The van der Waals surface area contributed by atoms with Gasteiger partial charge in [-0.1, -0.05) is 19.8 Å². The van der Waals surface area contributed by atoms with Crippen molar-refractivity contribution in [3.63, 3.8) is 0 Å². The van der Waals surface area contributed by atoms with Crippen LogP contribution >= 0.6 is 15.9 Å². The normalized spacial score (nSPS) is 21.9. The molecule has 0 aromatic carbocycles. The van der Waals surface area contributed by atoms with Gasteiger partial charge < -0.3 is 10.2 Å². The summed E-state index contributed by atoms with van der Waals surface area (Å²) in [5.41, 5.74) is 5.51. The maximum absolute atomic E-state index is 12.9. The predicted molar refractivity (Wildman–Crippen MR) is 80.7 cm³/mol. The molecule has 20 heavy (non-hydrogen) atoms. The van der Waals surface area contributed by atoms with Crippen molar-refractivity contribution in [1.82, 2.24) is 4.31 Å². The van der Waals surface area contributed by atoms with Crippen LogP contribution in [0.5, 0.6) is 0 Å². The Balaban J connectivity index is 2.38. The maximum atomic E-state index is 12.9. The lowest BCUT2D eigenvalue weighted by molar-refractivity contribution is 0.314. The largest absolute Gasteiger partial charge is 0.452 e. The molecule has 0 spiro atoms. The second kappa shape index (κ2) is 6.60. The Labute approximate surface area is 128 Å². The predicted octanol–water partition coefficient (Wildman–Crippen LogP) is 2.84. The lowest BCUT2D eigenvalue weighted by Crippen LogP contribution is -2.39. The molecule has 0 saturated carbocycles. The van der Waals surface area contributed by atoms with Crippen molar-refractivity contribution in [2.24, 2.45) is 5.73 Å². The number of rotatable bonds is 4. The van der Waals surface area contributed by atoms with E-state index in [2.05, 4.69) is 15.9 Å². The average molecular weight is 365 g/mol. The smallest absolute Gasteiger partial charge is 0.247 e. The zero-order chi connectivity index (χ0) is 14.8. The first-order chi connectivity index (χ1) is 9.50. The van der Waals surface area contributed by atoms with E-state index in [4.69, 9.17) is 10.2 Å². The zero-order valence-electron chi connectivity index (χ0n) is 11.6. The van der Waals surface area contributed by atoms with Gasteiger partial charge >= 0.3 is 0 Å². The Hall–Kier alpha value is -0.370. The van der Waals surface area contributed by atoms with Crippen molar-refractivity contribution >= 4 is 26.0 Å². The van der Waals surface area contributed by atoms with Crippen molar-refractivity contribution in [1.29, 1.82) is 0 Å². The quantitative estimate of drug-likeness (QED) is 0.890. The fraction of sp³-hybridized carbons (Fsp3) is 0.692. The van der Waals surface area contributed by atoms with E-state index in [1.54, 1.807) is 4.31 Å². The molecule has 2 rings (SSSR count). The summed E-state index contributed by atoms with van der Waals surface area (Å²) in [4.78, 5) is 0.193. The van der Waals surface area contributed by atoms with Crippen LogP contribution in [-0.2, 0) is 16.6 Å². The minimum atomic E-state index is -3.53. The Morgan fingerprint density at radius 1 is 1.45 bits per heavy atom. The molecule has 1 atom stereocenters. The number of halogens is 1. The highest BCUT2D eigenvalue weighted by atomic mass is 79.9. The highest BCUT2D eigenvalue weighted by Crippen LogP contribution is 2.32. The minimum absolute atomic E-state index is 0.0747. The van der Waals surface area contributed by atoms with E-state index >= 15 is 0 Å². The van der Waals surface area contributed by atoms with E-state index in [1.807, 2.05) is 6.92 Å². The highest BCUT2D eigenvalue weighted by Gasteiger charge is 2.34. The second-order valence-electron chi connectivity index (χ2n) is 5.08. The first kappa shape index (κ1) is 16.0. The van der Waals surface area contributed by atoms with Gasteiger partial charge in [-0.3, -0.25) is 0 Å². The number of furan rings is 1. The molecule has 1 aliphatic heterocycles. The lowest BCUT2D eigenvalue weighted by Gasteiger charge is -2.27. The van der Waals surface area contributed by atoms with Gasteiger partial charge in [0, 0.05) is 18.7 Å². The van der Waals surface area contributed by atoms with E-state index in [0.717, 1.165) is 32.1 Å². The highest BCUT2D eigenvalue weighted by molar-refractivity contribution is 9.10. The summed E-state index contributed by atoms with van der Waals surface area (Å²) < 4.78 is 32.9. The van der Waals surface area contributed by atoms with Crippen LogP contribution in [0, 0.1) is 0 Å². The number of sulfonamides is 1. The van der Waals surface area contributed by atoms with E-state index in [0.29, 0.717) is 12.3 Å². The van der Waals surface area contributed by atoms with E-state index in [-0.39, 0.29) is 22.2 Å². The van der Waals surface area contributed by atoms with E-state index in [1.165, 1.54) is 6.07 Å².